The highest BCUT2D eigenvalue weighted by molar-refractivity contribution is 5.34. The highest BCUT2D eigenvalue weighted by Gasteiger charge is 2.24. The van der Waals surface area contributed by atoms with Gasteiger partial charge >= 0.3 is 0 Å². The first-order chi connectivity index (χ1) is 9.72. The van der Waals surface area contributed by atoms with Crippen LogP contribution in [0.3, 0.4) is 0 Å². The van der Waals surface area contributed by atoms with Gasteiger partial charge in [0.15, 0.2) is 0 Å². The van der Waals surface area contributed by atoms with Crippen molar-refractivity contribution in [2.75, 3.05) is 24.2 Å². The number of rotatable bonds is 4. The maximum Gasteiger partial charge on any atom is 0.257 e. The lowest BCUT2D eigenvalue weighted by atomic mass is 10.0. The van der Waals surface area contributed by atoms with Gasteiger partial charge in [-0.25, -0.2) is 4.68 Å². The molecule has 8 nitrogen and oxygen atoms in total. The molecule has 2 atom stereocenters. The Balaban J connectivity index is 1.73. The third-order valence-corrected chi connectivity index (χ3v) is 3.41. The van der Waals surface area contributed by atoms with Gasteiger partial charge in [0.25, 0.3) is 5.95 Å². The van der Waals surface area contributed by atoms with Crippen molar-refractivity contribution in [3.8, 4) is 5.95 Å². The number of hydrogen-bond donors (Lipinski definition) is 2. The van der Waals surface area contributed by atoms with E-state index in [9.17, 15) is 0 Å². The van der Waals surface area contributed by atoms with E-state index in [1.807, 2.05) is 0 Å². The predicted molar refractivity (Wildman–Crippen MR) is 73.4 cm³/mol. The zero-order chi connectivity index (χ0) is 13.9. The zero-order valence-electron chi connectivity index (χ0n) is 11.2. The summed E-state index contributed by atoms with van der Waals surface area (Å²) in [6.45, 7) is 3.64. The number of anilines is 2. The minimum atomic E-state index is 0.170. The average molecular weight is 275 g/mol. The second-order valence-corrected chi connectivity index (χ2v) is 4.77. The Morgan fingerprint density at radius 1 is 1.45 bits per heavy atom. The van der Waals surface area contributed by atoms with Crippen molar-refractivity contribution in [3.05, 3.63) is 18.5 Å². The standard InChI is InChI=1S/C12H17N7O/c1-8-9(3-6-20-8)7-14-11-16-10(13)17-12(18-11)19-5-2-4-15-19/h2,4-5,8-9H,3,6-7H2,1H3,(H3,13,14,16,17,18). The summed E-state index contributed by atoms with van der Waals surface area (Å²) in [6.07, 6.45) is 4.71. The lowest BCUT2D eigenvalue weighted by Crippen LogP contribution is -2.22. The van der Waals surface area contributed by atoms with Crippen molar-refractivity contribution in [1.82, 2.24) is 24.7 Å². The van der Waals surface area contributed by atoms with Crippen LogP contribution in [-0.4, -0.2) is 44.0 Å². The molecule has 0 radical (unpaired) electrons. The number of nitrogen functional groups attached to an aromatic ring is 1. The van der Waals surface area contributed by atoms with E-state index in [0.29, 0.717) is 17.8 Å². The van der Waals surface area contributed by atoms with Crippen LogP contribution in [0.2, 0.25) is 0 Å². The summed E-state index contributed by atoms with van der Waals surface area (Å²) < 4.78 is 7.07. The number of nitrogens with two attached hydrogens (primary N) is 1. The lowest BCUT2D eigenvalue weighted by molar-refractivity contribution is 0.108. The molecule has 1 aliphatic heterocycles. The van der Waals surface area contributed by atoms with Gasteiger partial charge in [-0.2, -0.15) is 20.1 Å². The SMILES string of the molecule is CC1OCCC1CNc1nc(N)nc(-n2cccn2)n1. The normalized spacial score (nSPS) is 22.1. The number of nitrogens with zero attached hydrogens (tertiary/aromatic N) is 5. The summed E-state index contributed by atoms with van der Waals surface area (Å²) in [5.41, 5.74) is 5.71. The summed E-state index contributed by atoms with van der Waals surface area (Å²) in [5.74, 6) is 1.49. The van der Waals surface area contributed by atoms with Gasteiger partial charge in [-0.05, 0) is 19.4 Å². The summed E-state index contributed by atoms with van der Waals surface area (Å²) in [5, 5.41) is 7.28. The van der Waals surface area contributed by atoms with E-state index in [1.54, 1.807) is 23.1 Å². The van der Waals surface area contributed by atoms with E-state index in [0.717, 1.165) is 19.6 Å². The fourth-order valence-corrected chi connectivity index (χ4v) is 2.22. The summed E-state index contributed by atoms with van der Waals surface area (Å²) in [4.78, 5) is 12.5. The fraction of sp³-hybridized carbons (Fsp3) is 0.500. The van der Waals surface area contributed by atoms with Crippen molar-refractivity contribution >= 4 is 11.9 Å². The molecule has 0 spiro atoms. The van der Waals surface area contributed by atoms with Gasteiger partial charge in [0.2, 0.25) is 11.9 Å². The molecule has 0 bridgehead atoms. The van der Waals surface area contributed by atoms with E-state index in [-0.39, 0.29) is 12.1 Å². The molecule has 2 aromatic rings. The molecule has 20 heavy (non-hydrogen) atoms. The Labute approximate surface area is 116 Å². The molecular formula is C12H17N7O. The van der Waals surface area contributed by atoms with Gasteiger partial charge in [0, 0.05) is 31.5 Å². The van der Waals surface area contributed by atoms with Crippen LogP contribution in [0.5, 0.6) is 0 Å². The maximum atomic E-state index is 5.71. The largest absolute Gasteiger partial charge is 0.378 e. The molecule has 0 aromatic carbocycles. The van der Waals surface area contributed by atoms with E-state index >= 15 is 0 Å². The fourth-order valence-electron chi connectivity index (χ4n) is 2.22. The van der Waals surface area contributed by atoms with Gasteiger partial charge in [-0.3, -0.25) is 0 Å². The second-order valence-electron chi connectivity index (χ2n) is 4.77. The molecule has 3 rings (SSSR count). The quantitative estimate of drug-likeness (QED) is 0.836. The molecular weight excluding hydrogens is 258 g/mol. The van der Waals surface area contributed by atoms with Gasteiger partial charge in [0.05, 0.1) is 6.10 Å². The van der Waals surface area contributed by atoms with Crippen LogP contribution in [0.25, 0.3) is 5.95 Å². The summed E-state index contributed by atoms with van der Waals surface area (Å²) in [7, 11) is 0. The monoisotopic (exact) mass is 275 g/mol. The topological polar surface area (TPSA) is 104 Å². The number of hydrogen-bond acceptors (Lipinski definition) is 7. The first kappa shape index (κ1) is 12.8. The van der Waals surface area contributed by atoms with E-state index in [4.69, 9.17) is 10.5 Å². The third kappa shape index (κ3) is 2.69. The maximum absolute atomic E-state index is 5.71. The molecule has 1 aliphatic rings. The highest BCUT2D eigenvalue weighted by Crippen LogP contribution is 2.20. The lowest BCUT2D eigenvalue weighted by Gasteiger charge is -2.14. The number of nitrogens with one attached hydrogen (secondary N) is 1. The van der Waals surface area contributed by atoms with Crippen molar-refractivity contribution in [2.45, 2.75) is 19.4 Å². The molecule has 8 heteroatoms. The van der Waals surface area contributed by atoms with E-state index < -0.39 is 0 Å². The van der Waals surface area contributed by atoms with E-state index in [2.05, 4.69) is 32.3 Å². The minimum absolute atomic E-state index is 0.170. The molecule has 1 fully saturated rings. The van der Waals surface area contributed by atoms with Crippen LogP contribution in [0.4, 0.5) is 11.9 Å². The van der Waals surface area contributed by atoms with Crippen LogP contribution in [0.1, 0.15) is 13.3 Å². The molecule has 3 N–H and O–H groups in total. The molecule has 2 aromatic heterocycles. The molecule has 1 saturated heterocycles. The Bertz CT molecular complexity index is 571. The highest BCUT2D eigenvalue weighted by atomic mass is 16.5. The van der Waals surface area contributed by atoms with Gasteiger partial charge in [-0.15, -0.1) is 0 Å². The first-order valence-corrected chi connectivity index (χ1v) is 6.59. The van der Waals surface area contributed by atoms with Gasteiger partial charge < -0.3 is 15.8 Å². The van der Waals surface area contributed by atoms with Gasteiger partial charge in [0.1, 0.15) is 0 Å². The van der Waals surface area contributed by atoms with E-state index in [1.165, 1.54) is 0 Å². The molecule has 3 heterocycles. The van der Waals surface area contributed by atoms with Crippen molar-refractivity contribution < 1.29 is 4.74 Å². The van der Waals surface area contributed by atoms with Crippen LogP contribution in [0, 0.1) is 5.92 Å². The third-order valence-electron chi connectivity index (χ3n) is 3.41. The molecule has 106 valence electrons. The minimum Gasteiger partial charge on any atom is -0.378 e. The summed E-state index contributed by atoms with van der Waals surface area (Å²) in [6, 6.07) is 1.80. The Morgan fingerprint density at radius 3 is 3.05 bits per heavy atom. The Morgan fingerprint density at radius 2 is 2.35 bits per heavy atom. The van der Waals surface area contributed by atoms with Crippen LogP contribution in [0.15, 0.2) is 18.5 Å². The molecule has 0 saturated carbocycles. The van der Waals surface area contributed by atoms with Crippen LogP contribution in [-0.2, 0) is 4.74 Å². The smallest absolute Gasteiger partial charge is 0.257 e. The van der Waals surface area contributed by atoms with Gasteiger partial charge in [-0.1, -0.05) is 0 Å². The number of ether oxygens (including phenoxy) is 1. The molecule has 0 aliphatic carbocycles. The Hall–Kier alpha value is -2.22. The first-order valence-electron chi connectivity index (χ1n) is 6.59. The second kappa shape index (κ2) is 5.41. The van der Waals surface area contributed by atoms with Crippen molar-refractivity contribution in [1.29, 1.82) is 0 Å². The average Bonchev–Trinajstić information content (AvgIpc) is 3.07. The number of aromatic nitrogens is 5. The predicted octanol–water partition coefficient (Wildman–Crippen LogP) is 0.476. The zero-order valence-corrected chi connectivity index (χ0v) is 11.2. The molecule has 2 unspecified atom stereocenters. The Kier molecular flexibility index (Phi) is 3.46. The van der Waals surface area contributed by atoms with Crippen LogP contribution < -0.4 is 11.1 Å². The molecule has 0 amide bonds. The van der Waals surface area contributed by atoms with Crippen LogP contribution >= 0.6 is 0 Å². The van der Waals surface area contributed by atoms with Crippen molar-refractivity contribution in [3.63, 3.8) is 0 Å². The summed E-state index contributed by atoms with van der Waals surface area (Å²) >= 11 is 0. The van der Waals surface area contributed by atoms with Crippen molar-refractivity contribution in [2.24, 2.45) is 5.92 Å².